The highest BCUT2D eigenvalue weighted by Crippen LogP contribution is 2.24. The number of halogens is 1. The lowest BCUT2D eigenvalue weighted by Gasteiger charge is -2.14. The van der Waals surface area contributed by atoms with Crippen molar-refractivity contribution >= 4 is 29.3 Å². The van der Waals surface area contributed by atoms with Gasteiger partial charge in [0.15, 0.2) is 5.78 Å². The van der Waals surface area contributed by atoms with E-state index in [2.05, 4.69) is 17.4 Å². The van der Waals surface area contributed by atoms with Gasteiger partial charge in [0, 0.05) is 29.1 Å². The van der Waals surface area contributed by atoms with E-state index in [1.807, 2.05) is 54.6 Å². The number of carboxylic acids is 1. The summed E-state index contributed by atoms with van der Waals surface area (Å²) in [6.45, 7) is 0.547. The van der Waals surface area contributed by atoms with Crippen LogP contribution in [0.3, 0.4) is 0 Å². The highest BCUT2D eigenvalue weighted by molar-refractivity contribution is 6.30. The van der Waals surface area contributed by atoms with E-state index in [0.29, 0.717) is 29.1 Å². The Hall–Kier alpha value is -4.22. The van der Waals surface area contributed by atoms with Gasteiger partial charge in [-0.2, -0.15) is 0 Å². The van der Waals surface area contributed by atoms with Gasteiger partial charge in [0.05, 0.1) is 5.92 Å². The standard InChI is InChI=1S/C34H32ClNO4/c35-30-20-18-26(19-21-30)25-12-15-28(16-13-25)32(37)23-29(34(39)40)17-14-27-10-4-5-11-31(27)33(38)36-22-6-9-24-7-2-1-3-8-24/h1-5,7-8,10-13,15-16,18-21,29H,6,9,14,17,22-23H2,(H,36,38)(H,39,40). The monoisotopic (exact) mass is 553 g/mol. The minimum atomic E-state index is -1.02. The molecule has 0 heterocycles. The quantitative estimate of drug-likeness (QED) is 0.135. The number of benzene rings is 4. The van der Waals surface area contributed by atoms with Crippen molar-refractivity contribution in [3.8, 4) is 11.1 Å². The zero-order valence-corrected chi connectivity index (χ0v) is 22.9. The molecular weight excluding hydrogens is 522 g/mol. The molecular formula is C34H32ClNO4. The third kappa shape index (κ3) is 8.14. The summed E-state index contributed by atoms with van der Waals surface area (Å²) in [7, 11) is 0. The van der Waals surface area contributed by atoms with E-state index in [9.17, 15) is 19.5 Å². The number of aliphatic carboxylic acids is 1. The average Bonchev–Trinajstić information content (AvgIpc) is 2.98. The maximum Gasteiger partial charge on any atom is 0.306 e. The van der Waals surface area contributed by atoms with E-state index < -0.39 is 11.9 Å². The van der Waals surface area contributed by atoms with Gasteiger partial charge < -0.3 is 10.4 Å². The van der Waals surface area contributed by atoms with Crippen molar-refractivity contribution in [1.29, 1.82) is 0 Å². The lowest BCUT2D eigenvalue weighted by atomic mass is 9.90. The number of carboxylic acid groups (broad SMARTS) is 1. The van der Waals surface area contributed by atoms with Gasteiger partial charge in [-0.15, -0.1) is 0 Å². The number of aryl methyl sites for hydroxylation is 2. The molecule has 40 heavy (non-hydrogen) atoms. The molecule has 1 atom stereocenters. The first kappa shape index (κ1) is 28.8. The molecule has 0 radical (unpaired) electrons. The number of carbonyl (C=O) groups is 3. The Morgan fingerprint density at radius 3 is 2.05 bits per heavy atom. The van der Waals surface area contributed by atoms with Crippen molar-refractivity contribution in [2.75, 3.05) is 6.54 Å². The molecule has 0 aliphatic carbocycles. The lowest BCUT2D eigenvalue weighted by Crippen LogP contribution is -2.26. The van der Waals surface area contributed by atoms with Gasteiger partial charge in [0.25, 0.3) is 5.91 Å². The molecule has 0 spiro atoms. The van der Waals surface area contributed by atoms with E-state index in [4.69, 9.17) is 11.6 Å². The van der Waals surface area contributed by atoms with Crippen LogP contribution >= 0.6 is 11.6 Å². The fourth-order valence-electron chi connectivity index (χ4n) is 4.67. The molecule has 0 aromatic heterocycles. The highest BCUT2D eigenvalue weighted by Gasteiger charge is 2.23. The smallest absolute Gasteiger partial charge is 0.306 e. The van der Waals surface area contributed by atoms with Gasteiger partial charge in [-0.25, -0.2) is 0 Å². The van der Waals surface area contributed by atoms with Crippen LogP contribution in [0.2, 0.25) is 5.02 Å². The Bertz CT molecular complexity index is 1430. The molecule has 0 bridgehead atoms. The fourth-order valence-corrected chi connectivity index (χ4v) is 4.80. The summed E-state index contributed by atoms with van der Waals surface area (Å²) < 4.78 is 0. The molecule has 4 aromatic rings. The maximum atomic E-state index is 12.9. The zero-order valence-electron chi connectivity index (χ0n) is 22.2. The van der Waals surface area contributed by atoms with Crippen molar-refractivity contribution in [3.63, 3.8) is 0 Å². The summed E-state index contributed by atoms with van der Waals surface area (Å²) >= 11 is 5.96. The van der Waals surface area contributed by atoms with Crippen LogP contribution in [-0.2, 0) is 17.6 Å². The van der Waals surface area contributed by atoms with Gasteiger partial charge in [-0.1, -0.05) is 96.5 Å². The van der Waals surface area contributed by atoms with Crippen molar-refractivity contribution in [1.82, 2.24) is 5.32 Å². The summed E-state index contributed by atoms with van der Waals surface area (Å²) in [5.74, 6) is -2.27. The second-order valence-corrected chi connectivity index (χ2v) is 10.2. The summed E-state index contributed by atoms with van der Waals surface area (Å²) in [5.41, 5.74) is 4.93. The summed E-state index contributed by atoms with van der Waals surface area (Å²) in [4.78, 5) is 37.8. The predicted octanol–water partition coefficient (Wildman–Crippen LogP) is 7.28. The minimum absolute atomic E-state index is 0.108. The van der Waals surface area contributed by atoms with E-state index in [-0.39, 0.29) is 24.5 Å². The average molecular weight is 554 g/mol. The number of ketones is 1. The van der Waals surface area contributed by atoms with Gasteiger partial charge in [0.2, 0.25) is 0 Å². The third-order valence-corrected chi connectivity index (χ3v) is 7.21. The Kier molecular flexibility index (Phi) is 10.3. The van der Waals surface area contributed by atoms with Gasteiger partial charge in [-0.05, 0) is 66.1 Å². The molecule has 0 saturated carbocycles. The number of nitrogens with one attached hydrogen (secondary N) is 1. The van der Waals surface area contributed by atoms with E-state index in [0.717, 1.165) is 29.5 Å². The second-order valence-electron chi connectivity index (χ2n) is 9.79. The molecule has 1 unspecified atom stereocenters. The van der Waals surface area contributed by atoms with Crippen molar-refractivity contribution in [2.24, 2.45) is 5.92 Å². The Morgan fingerprint density at radius 1 is 0.750 bits per heavy atom. The van der Waals surface area contributed by atoms with Crippen LogP contribution < -0.4 is 5.32 Å². The molecule has 2 N–H and O–H groups in total. The number of Topliss-reactive ketones (excluding diaryl/α,β-unsaturated/α-hetero) is 1. The van der Waals surface area contributed by atoms with Crippen LogP contribution in [0.15, 0.2) is 103 Å². The Balaban J connectivity index is 1.32. The van der Waals surface area contributed by atoms with Gasteiger partial charge in [0.1, 0.15) is 0 Å². The van der Waals surface area contributed by atoms with E-state index in [1.165, 1.54) is 5.56 Å². The summed E-state index contributed by atoms with van der Waals surface area (Å²) in [5, 5.41) is 13.5. The van der Waals surface area contributed by atoms with Crippen LogP contribution in [0, 0.1) is 5.92 Å². The molecule has 204 valence electrons. The molecule has 1 amide bonds. The molecule has 4 aromatic carbocycles. The molecule has 5 nitrogen and oxygen atoms in total. The second kappa shape index (κ2) is 14.2. The molecule has 6 heteroatoms. The topological polar surface area (TPSA) is 83.5 Å². The lowest BCUT2D eigenvalue weighted by molar-refractivity contribution is -0.141. The fraction of sp³-hybridized carbons (Fsp3) is 0.206. The first-order valence-electron chi connectivity index (χ1n) is 13.4. The third-order valence-electron chi connectivity index (χ3n) is 6.96. The minimum Gasteiger partial charge on any atom is -0.481 e. The highest BCUT2D eigenvalue weighted by atomic mass is 35.5. The van der Waals surface area contributed by atoms with Gasteiger partial charge >= 0.3 is 5.97 Å². The Morgan fingerprint density at radius 2 is 1.38 bits per heavy atom. The number of amides is 1. The van der Waals surface area contributed by atoms with Crippen LogP contribution in [0.1, 0.15) is 51.1 Å². The van der Waals surface area contributed by atoms with Crippen molar-refractivity contribution in [3.05, 3.63) is 130 Å². The largest absolute Gasteiger partial charge is 0.481 e. The van der Waals surface area contributed by atoms with Crippen LogP contribution in [0.5, 0.6) is 0 Å². The number of hydrogen-bond donors (Lipinski definition) is 2. The SMILES string of the molecule is O=C(CC(CCc1ccccc1C(=O)NCCCc1ccccc1)C(=O)O)c1ccc(-c2ccc(Cl)cc2)cc1. The zero-order chi connectivity index (χ0) is 28.3. The molecule has 0 aliphatic heterocycles. The predicted molar refractivity (Wildman–Crippen MR) is 159 cm³/mol. The van der Waals surface area contributed by atoms with E-state index >= 15 is 0 Å². The maximum absolute atomic E-state index is 12.9. The van der Waals surface area contributed by atoms with Crippen LogP contribution in [0.25, 0.3) is 11.1 Å². The van der Waals surface area contributed by atoms with Crippen molar-refractivity contribution < 1.29 is 19.5 Å². The first-order valence-corrected chi connectivity index (χ1v) is 13.8. The number of rotatable bonds is 13. The normalized spacial score (nSPS) is 11.5. The molecule has 4 rings (SSSR count). The molecule has 0 aliphatic rings. The molecule has 0 fully saturated rings. The van der Waals surface area contributed by atoms with Crippen LogP contribution in [0.4, 0.5) is 0 Å². The number of hydrogen-bond acceptors (Lipinski definition) is 3. The van der Waals surface area contributed by atoms with Crippen molar-refractivity contribution in [2.45, 2.75) is 32.1 Å². The summed E-state index contributed by atoms with van der Waals surface area (Å²) in [6, 6.07) is 31.9. The van der Waals surface area contributed by atoms with E-state index in [1.54, 1.807) is 36.4 Å². The summed E-state index contributed by atoms with van der Waals surface area (Å²) in [6.07, 6.45) is 2.22. The molecule has 0 saturated heterocycles. The van der Waals surface area contributed by atoms with Gasteiger partial charge in [-0.3, -0.25) is 14.4 Å². The van der Waals surface area contributed by atoms with Crippen LogP contribution in [-0.4, -0.2) is 29.3 Å². The number of carbonyl (C=O) groups excluding carboxylic acids is 2. The Labute approximate surface area is 239 Å². The first-order chi connectivity index (χ1) is 19.4.